The molecule has 1 unspecified atom stereocenters. The van der Waals surface area contributed by atoms with Crippen LogP contribution in [0, 0.1) is 11.7 Å². The number of aliphatic hydroxyl groups excluding tert-OH is 1. The van der Waals surface area contributed by atoms with E-state index < -0.39 is 6.10 Å². The van der Waals surface area contributed by atoms with Crippen molar-refractivity contribution in [3.8, 4) is 5.75 Å². The number of ether oxygens (including phenoxy) is 1. The Morgan fingerprint density at radius 1 is 1.20 bits per heavy atom. The first-order valence-electron chi connectivity index (χ1n) is 8.92. The first-order chi connectivity index (χ1) is 12.0. The summed E-state index contributed by atoms with van der Waals surface area (Å²) in [6.07, 6.45) is 0.270. The van der Waals surface area contributed by atoms with Crippen LogP contribution in [0.5, 0.6) is 5.75 Å². The van der Waals surface area contributed by atoms with Gasteiger partial charge in [0.25, 0.3) is 0 Å². The maximum atomic E-state index is 13.9. The molecule has 0 aromatic heterocycles. The minimum Gasteiger partial charge on any atom is -0.492 e. The molecule has 2 aromatic carbocycles. The summed E-state index contributed by atoms with van der Waals surface area (Å²) in [5.41, 5.74) is 2.67. The fraction of sp³-hybridized carbons (Fsp3) is 0.429. The maximum Gasteiger partial charge on any atom is 0.127 e. The highest BCUT2D eigenvalue weighted by atomic mass is 19.1. The zero-order valence-electron chi connectivity index (χ0n) is 14.9. The molecular formula is C21H26FNO2. The van der Waals surface area contributed by atoms with Crippen LogP contribution in [-0.4, -0.2) is 23.2 Å². The molecule has 0 saturated carbocycles. The second-order valence-corrected chi connectivity index (χ2v) is 7.16. The van der Waals surface area contributed by atoms with Gasteiger partial charge in [-0.25, -0.2) is 4.39 Å². The van der Waals surface area contributed by atoms with Crippen molar-refractivity contribution >= 4 is 0 Å². The van der Waals surface area contributed by atoms with Gasteiger partial charge in [-0.2, -0.15) is 0 Å². The first kappa shape index (κ1) is 17.9. The van der Waals surface area contributed by atoms with Crippen LogP contribution >= 0.6 is 0 Å². The fourth-order valence-electron chi connectivity index (χ4n) is 3.26. The molecule has 0 spiro atoms. The Balaban J connectivity index is 1.77. The lowest BCUT2D eigenvalue weighted by Gasteiger charge is -2.20. The van der Waals surface area contributed by atoms with Crippen LogP contribution in [0.3, 0.4) is 0 Å². The van der Waals surface area contributed by atoms with Gasteiger partial charge in [0.15, 0.2) is 0 Å². The highest BCUT2D eigenvalue weighted by Gasteiger charge is 2.19. The predicted molar refractivity (Wildman–Crippen MR) is 96.9 cm³/mol. The third-order valence-corrected chi connectivity index (χ3v) is 4.57. The van der Waals surface area contributed by atoms with Gasteiger partial charge in [-0.15, -0.1) is 0 Å². The van der Waals surface area contributed by atoms with Gasteiger partial charge in [0.2, 0.25) is 0 Å². The largest absolute Gasteiger partial charge is 0.492 e. The van der Waals surface area contributed by atoms with Gasteiger partial charge in [0.1, 0.15) is 18.2 Å². The molecule has 0 aliphatic carbocycles. The number of halogens is 1. The Morgan fingerprint density at radius 2 is 2.00 bits per heavy atom. The lowest BCUT2D eigenvalue weighted by atomic mass is 9.97. The predicted octanol–water partition coefficient (Wildman–Crippen LogP) is 4.30. The summed E-state index contributed by atoms with van der Waals surface area (Å²) in [6.45, 7) is 6.76. The molecule has 1 heterocycles. The highest BCUT2D eigenvalue weighted by molar-refractivity contribution is 5.38. The average Bonchev–Trinajstić information content (AvgIpc) is 2.77. The maximum absolute atomic E-state index is 13.9. The van der Waals surface area contributed by atoms with Gasteiger partial charge < -0.3 is 9.84 Å². The summed E-state index contributed by atoms with van der Waals surface area (Å²) in [7, 11) is 0. The number of hydrogen-bond donors (Lipinski definition) is 1. The van der Waals surface area contributed by atoms with E-state index in [9.17, 15) is 9.50 Å². The Morgan fingerprint density at radius 3 is 2.76 bits per heavy atom. The van der Waals surface area contributed by atoms with Gasteiger partial charge in [0, 0.05) is 30.8 Å². The normalized spacial score (nSPS) is 16.2. The Hall–Kier alpha value is -1.91. The minimum atomic E-state index is -0.464. The van der Waals surface area contributed by atoms with E-state index in [1.165, 1.54) is 6.07 Å². The molecule has 0 fully saturated rings. The monoisotopic (exact) mass is 343 g/mol. The van der Waals surface area contributed by atoms with E-state index in [1.54, 1.807) is 6.07 Å². The van der Waals surface area contributed by atoms with Crippen LogP contribution in [-0.2, 0) is 13.1 Å². The summed E-state index contributed by atoms with van der Waals surface area (Å²) in [6, 6.07) is 12.8. The second-order valence-electron chi connectivity index (χ2n) is 7.16. The van der Waals surface area contributed by atoms with Crippen molar-refractivity contribution in [2.75, 3.05) is 13.2 Å². The third-order valence-electron chi connectivity index (χ3n) is 4.57. The quantitative estimate of drug-likeness (QED) is 0.878. The van der Waals surface area contributed by atoms with Crippen LogP contribution < -0.4 is 4.74 Å². The van der Waals surface area contributed by atoms with E-state index in [4.69, 9.17) is 4.74 Å². The molecule has 0 bridgehead atoms. The lowest BCUT2D eigenvalue weighted by Crippen LogP contribution is -2.25. The molecule has 1 aliphatic rings. The van der Waals surface area contributed by atoms with Crippen LogP contribution in [0.4, 0.5) is 4.39 Å². The van der Waals surface area contributed by atoms with Crippen molar-refractivity contribution in [3.05, 3.63) is 65.0 Å². The number of hydrogen-bond acceptors (Lipinski definition) is 3. The van der Waals surface area contributed by atoms with Crippen LogP contribution in [0.15, 0.2) is 42.5 Å². The highest BCUT2D eigenvalue weighted by Crippen LogP contribution is 2.29. The van der Waals surface area contributed by atoms with Crippen LogP contribution in [0.25, 0.3) is 0 Å². The van der Waals surface area contributed by atoms with Crippen molar-refractivity contribution in [1.29, 1.82) is 0 Å². The van der Waals surface area contributed by atoms with Gasteiger partial charge in [0.05, 0.1) is 6.10 Å². The van der Waals surface area contributed by atoms with Gasteiger partial charge >= 0.3 is 0 Å². The molecule has 134 valence electrons. The summed E-state index contributed by atoms with van der Waals surface area (Å²) in [4.78, 5) is 2.18. The van der Waals surface area contributed by atoms with Crippen molar-refractivity contribution in [3.63, 3.8) is 0 Å². The van der Waals surface area contributed by atoms with Gasteiger partial charge in [-0.05, 0) is 36.1 Å². The molecule has 4 heteroatoms. The molecule has 0 amide bonds. The Bertz CT molecular complexity index is 717. The Kier molecular flexibility index (Phi) is 5.71. The molecule has 1 atom stereocenters. The molecule has 1 aliphatic heterocycles. The third kappa shape index (κ3) is 4.59. The molecule has 1 N–H and O–H groups in total. The minimum absolute atomic E-state index is 0.172. The topological polar surface area (TPSA) is 32.7 Å². The van der Waals surface area contributed by atoms with E-state index in [2.05, 4.69) is 18.7 Å². The average molecular weight is 343 g/mol. The summed E-state index contributed by atoms with van der Waals surface area (Å²) < 4.78 is 19.8. The van der Waals surface area contributed by atoms with Crippen LogP contribution in [0.2, 0.25) is 0 Å². The SMILES string of the molecule is CC(C)CC(O)c1ccc2c(c1)CN(Cc1ccccc1F)CCO2. The van der Waals surface area contributed by atoms with Gasteiger partial charge in [-0.3, -0.25) is 4.90 Å². The second kappa shape index (κ2) is 7.98. The number of rotatable bonds is 5. The van der Waals surface area contributed by atoms with E-state index >= 15 is 0 Å². The summed E-state index contributed by atoms with van der Waals surface area (Å²) in [5.74, 6) is 1.12. The summed E-state index contributed by atoms with van der Waals surface area (Å²) in [5, 5.41) is 10.4. The van der Waals surface area contributed by atoms with Crippen LogP contribution in [0.1, 0.15) is 43.1 Å². The fourth-order valence-corrected chi connectivity index (χ4v) is 3.26. The number of benzene rings is 2. The molecule has 3 nitrogen and oxygen atoms in total. The smallest absolute Gasteiger partial charge is 0.127 e. The van der Waals surface area contributed by atoms with Crippen molar-refractivity contribution in [1.82, 2.24) is 4.90 Å². The van der Waals surface area contributed by atoms with E-state index in [-0.39, 0.29) is 5.82 Å². The molecule has 0 saturated heterocycles. The molecule has 25 heavy (non-hydrogen) atoms. The van der Waals surface area contributed by atoms with E-state index in [0.717, 1.165) is 29.8 Å². The zero-order chi connectivity index (χ0) is 17.8. The van der Waals surface area contributed by atoms with E-state index in [1.807, 2.05) is 30.3 Å². The number of aliphatic hydroxyl groups is 1. The lowest BCUT2D eigenvalue weighted by molar-refractivity contribution is 0.151. The Labute approximate surface area is 149 Å². The van der Waals surface area contributed by atoms with Crippen molar-refractivity contribution in [2.24, 2.45) is 5.92 Å². The standard InChI is InChI=1S/C21H26FNO2/c1-15(2)11-20(24)16-7-8-21-18(12-16)14-23(9-10-25-21)13-17-5-3-4-6-19(17)22/h3-8,12,15,20,24H,9-11,13-14H2,1-2H3. The van der Waals surface area contributed by atoms with E-state index in [0.29, 0.717) is 31.2 Å². The van der Waals surface area contributed by atoms with Gasteiger partial charge in [-0.1, -0.05) is 38.1 Å². The first-order valence-corrected chi connectivity index (χ1v) is 8.92. The molecular weight excluding hydrogens is 317 g/mol. The molecule has 3 rings (SSSR count). The molecule has 2 aromatic rings. The van der Waals surface area contributed by atoms with Crippen molar-refractivity contribution < 1.29 is 14.2 Å². The number of nitrogens with zero attached hydrogens (tertiary/aromatic N) is 1. The summed E-state index contributed by atoms with van der Waals surface area (Å²) >= 11 is 0. The zero-order valence-corrected chi connectivity index (χ0v) is 14.9. The molecule has 0 radical (unpaired) electrons. The van der Waals surface area contributed by atoms with Crippen molar-refractivity contribution in [2.45, 2.75) is 39.5 Å². The number of fused-ring (bicyclic) bond motifs is 1.